The van der Waals surface area contributed by atoms with Crippen LogP contribution in [0.5, 0.6) is 5.88 Å². The van der Waals surface area contributed by atoms with Gasteiger partial charge in [0, 0.05) is 24.8 Å². The van der Waals surface area contributed by atoms with Gasteiger partial charge in [-0.05, 0) is 52.0 Å². The van der Waals surface area contributed by atoms with E-state index in [1.807, 2.05) is 6.92 Å². The van der Waals surface area contributed by atoms with E-state index in [4.69, 9.17) is 10.5 Å². The molecule has 1 atom stereocenters. The number of fused-ring (bicyclic) bond motifs is 1. The van der Waals surface area contributed by atoms with Crippen molar-refractivity contribution >= 4 is 16.9 Å². The van der Waals surface area contributed by atoms with E-state index < -0.39 is 0 Å². The number of aromatic nitrogens is 3. The van der Waals surface area contributed by atoms with E-state index in [2.05, 4.69) is 33.3 Å². The number of nitrogens with zero attached hydrogens (tertiary/aromatic N) is 4. The predicted molar refractivity (Wildman–Crippen MR) is 108 cm³/mol. The monoisotopic (exact) mass is 385 g/mol. The van der Waals surface area contributed by atoms with Crippen LogP contribution >= 0.6 is 0 Å². The van der Waals surface area contributed by atoms with Gasteiger partial charge in [0.05, 0.1) is 11.4 Å². The average molecular weight is 386 g/mol. The van der Waals surface area contributed by atoms with Crippen LogP contribution in [-0.4, -0.2) is 50.6 Å². The molecule has 1 saturated carbocycles. The molecule has 0 bridgehead atoms. The molecule has 2 N–H and O–H groups in total. The summed E-state index contributed by atoms with van der Waals surface area (Å²) in [6.07, 6.45) is 8.49. The molecule has 2 aromatic rings. The van der Waals surface area contributed by atoms with Gasteiger partial charge in [-0.2, -0.15) is 0 Å². The first kappa shape index (κ1) is 19.2. The maximum Gasteiger partial charge on any atom is 0.234 e. The maximum absolute atomic E-state index is 11.4. The van der Waals surface area contributed by atoms with Crippen LogP contribution in [0.2, 0.25) is 0 Å². The lowest BCUT2D eigenvalue weighted by molar-refractivity contribution is -0.123. The van der Waals surface area contributed by atoms with Crippen molar-refractivity contribution in [3.8, 4) is 5.88 Å². The molecule has 152 valence electrons. The number of ether oxygens (including phenoxy) is 1. The summed E-state index contributed by atoms with van der Waals surface area (Å²) in [5, 5.41) is 1.06. The fraction of sp³-hybridized carbons (Fsp3) is 0.667. The Bertz CT molecular complexity index is 863. The first-order valence-corrected chi connectivity index (χ1v) is 10.5. The normalized spacial score (nSPS) is 20.7. The number of carbonyl (C=O) groups excluding carboxylic acids is 1. The van der Waals surface area contributed by atoms with Crippen LogP contribution in [0.15, 0.2) is 6.33 Å². The first-order valence-electron chi connectivity index (χ1n) is 10.5. The smallest absolute Gasteiger partial charge is 0.234 e. The molecule has 1 aliphatic heterocycles. The third kappa shape index (κ3) is 3.36. The van der Waals surface area contributed by atoms with E-state index in [-0.39, 0.29) is 18.1 Å². The highest BCUT2D eigenvalue weighted by atomic mass is 16.5. The van der Waals surface area contributed by atoms with Crippen LogP contribution in [0, 0.1) is 13.8 Å². The second-order valence-corrected chi connectivity index (χ2v) is 8.33. The zero-order chi connectivity index (χ0) is 19.8. The average Bonchev–Trinajstić information content (AvgIpc) is 3.29. The Labute approximate surface area is 166 Å². The minimum absolute atomic E-state index is 0.101. The number of piperidine rings is 1. The van der Waals surface area contributed by atoms with Crippen molar-refractivity contribution < 1.29 is 9.53 Å². The summed E-state index contributed by atoms with van der Waals surface area (Å²) in [6.45, 7) is 7.82. The molecular weight excluding hydrogens is 354 g/mol. The number of likely N-dealkylation sites (tertiary alicyclic amines) is 1. The molecule has 1 aliphatic carbocycles. The Morgan fingerprint density at radius 2 is 1.86 bits per heavy atom. The minimum Gasteiger partial charge on any atom is -0.474 e. The highest BCUT2D eigenvalue weighted by Gasteiger charge is 2.29. The van der Waals surface area contributed by atoms with Gasteiger partial charge in [0.25, 0.3) is 0 Å². The van der Waals surface area contributed by atoms with Crippen molar-refractivity contribution in [2.24, 2.45) is 5.73 Å². The van der Waals surface area contributed by atoms with E-state index >= 15 is 0 Å². The molecule has 0 spiro atoms. The lowest BCUT2D eigenvalue weighted by atomic mass is 10.1. The van der Waals surface area contributed by atoms with E-state index in [1.165, 1.54) is 36.9 Å². The highest BCUT2D eigenvalue weighted by Crippen LogP contribution is 2.38. The number of carbonyl (C=O) groups is 1. The van der Waals surface area contributed by atoms with Gasteiger partial charge >= 0.3 is 0 Å². The van der Waals surface area contributed by atoms with Crippen LogP contribution in [0.4, 0.5) is 0 Å². The first-order chi connectivity index (χ1) is 13.5. The Morgan fingerprint density at radius 3 is 2.50 bits per heavy atom. The molecule has 0 aromatic carbocycles. The van der Waals surface area contributed by atoms with Crippen LogP contribution in [-0.2, 0) is 4.79 Å². The Morgan fingerprint density at radius 1 is 1.18 bits per heavy atom. The summed E-state index contributed by atoms with van der Waals surface area (Å²) in [5.74, 6) is 0.431. The van der Waals surface area contributed by atoms with Crippen LogP contribution in [0.25, 0.3) is 11.0 Å². The van der Waals surface area contributed by atoms with Crippen molar-refractivity contribution in [2.45, 2.75) is 77.5 Å². The van der Waals surface area contributed by atoms with Crippen molar-refractivity contribution in [3.63, 3.8) is 0 Å². The third-order valence-corrected chi connectivity index (χ3v) is 6.70. The Hall–Kier alpha value is -2.15. The number of hydrogen-bond donors (Lipinski definition) is 1. The quantitative estimate of drug-likeness (QED) is 0.855. The largest absolute Gasteiger partial charge is 0.474 e. The molecule has 7 nitrogen and oxygen atoms in total. The molecule has 2 aliphatic rings. The molecule has 1 saturated heterocycles. The third-order valence-electron chi connectivity index (χ3n) is 6.70. The number of hydrogen-bond acceptors (Lipinski definition) is 5. The zero-order valence-electron chi connectivity index (χ0n) is 17.1. The summed E-state index contributed by atoms with van der Waals surface area (Å²) in [5.41, 5.74) is 8.94. The molecule has 28 heavy (non-hydrogen) atoms. The van der Waals surface area contributed by atoms with Gasteiger partial charge in [0.1, 0.15) is 18.1 Å². The standard InChI is InChI=1S/C21H31N5O2/c1-13-14(2)26(16-6-4-5-7-16)20-18(13)21(24-12-23-20)28-17-8-10-25(11-9-17)15(3)19(22)27/h12,15-17H,4-11H2,1-3H3,(H2,22,27). The van der Waals surface area contributed by atoms with Gasteiger partial charge in [-0.3, -0.25) is 9.69 Å². The number of rotatable bonds is 5. The van der Waals surface area contributed by atoms with Gasteiger partial charge in [-0.25, -0.2) is 9.97 Å². The Balaban J connectivity index is 1.55. The highest BCUT2D eigenvalue weighted by molar-refractivity contribution is 5.86. The van der Waals surface area contributed by atoms with Gasteiger partial charge < -0.3 is 15.0 Å². The molecule has 3 heterocycles. The number of primary amides is 1. The van der Waals surface area contributed by atoms with Gasteiger partial charge in [-0.1, -0.05) is 12.8 Å². The number of nitrogens with two attached hydrogens (primary N) is 1. The zero-order valence-corrected chi connectivity index (χ0v) is 17.1. The molecule has 7 heteroatoms. The summed E-state index contributed by atoms with van der Waals surface area (Å²) in [4.78, 5) is 22.7. The number of aryl methyl sites for hydroxylation is 1. The second kappa shape index (κ2) is 7.70. The van der Waals surface area contributed by atoms with Crippen LogP contribution < -0.4 is 10.5 Å². The Kier molecular flexibility index (Phi) is 5.27. The molecule has 2 fully saturated rings. The topological polar surface area (TPSA) is 86.3 Å². The lowest BCUT2D eigenvalue weighted by Gasteiger charge is -2.34. The maximum atomic E-state index is 11.4. The summed E-state index contributed by atoms with van der Waals surface area (Å²) >= 11 is 0. The summed E-state index contributed by atoms with van der Waals surface area (Å²) in [6, 6.07) is 0.314. The van der Waals surface area contributed by atoms with Crippen molar-refractivity contribution in [1.82, 2.24) is 19.4 Å². The van der Waals surface area contributed by atoms with E-state index in [0.29, 0.717) is 11.9 Å². The lowest BCUT2D eigenvalue weighted by Crippen LogP contribution is -2.48. The van der Waals surface area contributed by atoms with E-state index in [0.717, 1.165) is 37.0 Å². The predicted octanol–water partition coefficient (Wildman–Crippen LogP) is 2.88. The number of amides is 1. The molecule has 4 rings (SSSR count). The van der Waals surface area contributed by atoms with Crippen molar-refractivity contribution in [2.75, 3.05) is 13.1 Å². The minimum atomic E-state index is -0.267. The van der Waals surface area contributed by atoms with Gasteiger partial charge in [0.2, 0.25) is 11.8 Å². The molecule has 1 amide bonds. The van der Waals surface area contributed by atoms with Crippen LogP contribution in [0.3, 0.4) is 0 Å². The fourth-order valence-electron chi connectivity index (χ4n) is 4.81. The van der Waals surface area contributed by atoms with E-state index in [9.17, 15) is 4.79 Å². The molecular formula is C21H31N5O2. The van der Waals surface area contributed by atoms with E-state index in [1.54, 1.807) is 6.33 Å². The summed E-state index contributed by atoms with van der Waals surface area (Å²) < 4.78 is 8.77. The van der Waals surface area contributed by atoms with Gasteiger partial charge in [0.15, 0.2) is 0 Å². The molecule has 1 unspecified atom stereocenters. The van der Waals surface area contributed by atoms with Crippen LogP contribution in [0.1, 0.15) is 62.7 Å². The molecule has 2 aromatic heterocycles. The molecule has 0 radical (unpaired) electrons. The van der Waals surface area contributed by atoms with Gasteiger partial charge in [-0.15, -0.1) is 0 Å². The SMILES string of the molecule is Cc1c(C)n(C2CCCC2)c2ncnc(OC3CCN(C(C)C(N)=O)CC3)c12. The fourth-order valence-corrected chi connectivity index (χ4v) is 4.81. The second-order valence-electron chi connectivity index (χ2n) is 8.33. The summed E-state index contributed by atoms with van der Waals surface area (Å²) in [7, 11) is 0. The van der Waals surface area contributed by atoms with Crippen molar-refractivity contribution in [3.05, 3.63) is 17.6 Å². The van der Waals surface area contributed by atoms with Crippen molar-refractivity contribution in [1.29, 1.82) is 0 Å².